The zero-order chi connectivity index (χ0) is 9.97. The quantitative estimate of drug-likeness (QED) is 0.846. The number of halogens is 1. The summed E-state index contributed by atoms with van der Waals surface area (Å²) in [5.74, 6) is 0.887. The lowest BCUT2D eigenvalue weighted by molar-refractivity contribution is 0.318. The van der Waals surface area contributed by atoms with Crippen molar-refractivity contribution in [3.8, 4) is 0 Å². The van der Waals surface area contributed by atoms with E-state index in [0.29, 0.717) is 0 Å². The van der Waals surface area contributed by atoms with Gasteiger partial charge in [-0.25, -0.2) is 0 Å². The smallest absolute Gasteiger partial charge is 0.209 e. The average molecular weight is 276 g/mol. The van der Waals surface area contributed by atoms with Crippen LogP contribution in [0.4, 0.5) is 5.13 Å². The summed E-state index contributed by atoms with van der Waals surface area (Å²) in [5, 5.41) is 9.17. The SMILES string of the molecule is CCN(CC1CCC1)c1nnc(Br)s1. The maximum absolute atomic E-state index is 4.15. The number of aromatic nitrogens is 2. The molecule has 1 heterocycles. The Labute approximate surface area is 96.7 Å². The van der Waals surface area contributed by atoms with Gasteiger partial charge in [0.2, 0.25) is 5.13 Å². The number of hydrogen-bond donors (Lipinski definition) is 0. The maximum atomic E-state index is 4.15. The van der Waals surface area contributed by atoms with Crippen molar-refractivity contribution in [2.75, 3.05) is 18.0 Å². The van der Waals surface area contributed by atoms with Crippen LogP contribution >= 0.6 is 27.3 Å². The van der Waals surface area contributed by atoms with Crippen LogP contribution in [0.1, 0.15) is 26.2 Å². The second kappa shape index (κ2) is 4.57. The lowest BCUT2D eigenvalue weighted by Gasteiger charge is -2.31. The molecule has 5 heteroatoms. The third kappa shape index (κ3) is 2.25. The van der Waals surface area contributed by atoms with E-state index in [-0.39, 0.29) is 0 Å². The molecule has 0 N–H and O–H groups in total. The normalized spacial score (nSPS) is 16.7. The van der Waals surface area contributed by atoms with Crippen LogP contribution in [0, 0.1) is 5.92 Å². The zero-order valence-corrected chi connectivity index (χ0v) is 10.6. The Morgan fingerprint density at radius 3 is 2.71 bits per heavy atom. The van der Waals surface area contributed by atoms with Crippen molar-refractivity contribution in [2.24, 2.45) is 5.92 Å². The molecule has 0 atom stereocenters. The molecule has 1 saturated carbocycles. The van der Waals surface area contributed by atoms with Crippen LogP contribution in [0.15, 0.2) is 3.92 Å². The van der Waals surface area contributed by atoms with Crippen molar-refractivity contribution in [3.05, 3.63) is 3.92 Å². The van der Waals surface area contributed by atoms with Gasteiger partial charge in [-0.3, -0.25) is 0 Å². The predicted molar refractivity (Wildman–Crippen MR) is 62.8 cm³/mol. The Kier molecular flexibility index (Phi) is 3.38. The van der Waals surface area contributed by atoms with E-state index in [9.17, 15) is 0 Å². The number of anilines is 1. The Hall–Kier alpha value is -0.160. The van der Waals surface area contributed by atoms with E-state index in [4.69, 9.17) is 0 Å². The van der Waals surface area contributed by atoms with E-state index in [0.717, 1.165) is 28.1 Å². The highest BCUT2D eigenvalue weighted by Gasteiger charge is 2.21. The first-order valence-electron chi connectivity index (χ1n) is 5.03. The predicted octanol–water partition coefficient (Wildman–Crippen LogP) is 2.93. The van der Waals surface area contributed by atoms with Crippen LogP contribution < -0.4 is 4.90 Å². The molecule has 78 valence electrons. The van der Waals surface area contributed by atoms with E-state index in [1.165, 1.54) is 19.3 Å². The minimum absolute atomic E-state index is 0.875. The Morgan fingerprint density at radius 2 is 2.29 bits per heavy atom. The van der Waals surface area contributed by atoms with Crippen LogP contribution in [-0.2, 0) is 0 Å². The van der Waals surface area contributed by atoms with Crippen LogP contribution in [0.5, 0.6) is 0 Å². The Morgan fingerprint density at radius 1 is 1.50 bits per heavy atom. The van der Waals surface area contributed by atoms with Gasteiger partial charge >= 0.3 is 0 Å². The average Bonchev–Trinajstić information content (AvgIpc) is 2.50. The fraction of sp³-hybridized carbons (Fsp3) is 0.778. The topological polar surface area (TPSA) is 29.0 Å². The summed E-state index contributed by atoms with van der Waals surface area (Å²) in [6.07, 6.45) is 4.18. The molecule has 0 bridgehead atoms. The highest BCUT2D eigenvalue weighted by Crippen LogP contribution is 2.30. The van der Waals surface area contributed by atoms with E-state index in [1.54, 1.807) is 11.3 Å². The summed E-state index contributed by atoms with van der Waals surface area (Å²) in [5.41, 5.74) is 0. The molecular formula is C9H14BrN3S. The number of hydrogen-bond acceptors (Lipinski definition) is 4. The zero-order valence-electron chi connectivity index (χ0n) is 8.24. The van der Waals surface area contributed by atoms with E-state index in [2.05, 4.69) is 38.0 Å². The van der Waals surface area contributed by atoms with Gasteiger partial charge in [0.05, 0.1) is 0 Å². The van der Waals surface area contributed by atoms with Gasteiger partial charge in [-0.1, -0.05) is 17.8 Å². The van der Waals surface area contributed by atoms with Gasteiger partial charge in [-0.15, -0.1) is 10.2 Å². The second-order valence-corrected chi connectivity index (χ2v) is 5.91. The van der Waals surface area contributed by atoms with Gasteiger partial charge in [0, 0.05) is 13.1 Å². The monoisotopic (exact) mass is 275 g/mol. The van der Waals surface area contributed by atoms with Gasteiger partial charge < -0.3 is 4.90 Å². The van der Waals surface area contributed by atoms with Crippen molar-refractivity contribution in [3.63, 3.8) is 0 Å². The van der Waals surface area contributed by atoms with Gasteiger partial charge in [-0.05, 0) is 41.6 Å². The molecule has 3 nitrogen and oxygen atoms in total. The van der Waals surface area contributed by atoms with Crippen molar-refractivity contribution < 1.29 is 0 Å². The summed E-state index contributed by atoms with van der Waals surface area (Å²) in [6.45, 7) is 4.35. The van der Waals surface area contributed by atoms with Gasteiger partial charge in [0.25, 0.3) is 0 Å². The van der Waals surface area contributed by atoms with Crippen LogP contribution in [0.3, 0.4) is 0 Å². The minimum Gasteiger partial charge on any atom is -0.347 e. The molecule has 0 saturated heterocycles. The molecule has 1 aromatic rings. The molecule has 0 aliphatic heterocycles. The summed E-state index contributed by atoms with van der Waals surface area (Å²) in [7, 11) is 0. The van der Waals surface area contributed by atoms with Gasteiger partial charge in [0.1, 0.15) is 0 Å². The van der Waals surface area contributed by atoms with Crippen LogP contribution in [0.25, 0.3) is 0 Å². The van der Waals surface area contributed by atoms with Crippen LogP contribution in [-0.4, -0.2) is 23.3 Å². The Bertz CT molecular complexity index is 298. The molecule has 0 aromatic carbocycles. The third-order valence-electron chi connectivity index (χ3n) is 2.75. The first kappa shape index (κ1) is 10.4. The lowest BCUT2D eigenvalue weighted by atomic mass is 9.85. The number of nitrogens with zero attached hydrogens (tertiary/aromatic N) is 3. The van der Waals surface area contributed by atoms with Crippen molar-refractivity contribution in [2.45, 2.75) is 26.2 Å². The first-order chi connectivity index (χ1) is 6.79. The first-order valence-corrected chi connectivity index (χ1v) is 6.64. The molecule has 0 radical (unpaired) electrons. The Balaban J connectivity index is 1.97. The highest BCUT2D eigenvalue weighted by atomic mass is 79.9. The largest absolute Gasteiger partial charge is 0.347 e. The lowest BCUT2D eigenvalue weighted by Crippen LogP contribution is -2.32. The molecule has 1 aromatic heterocycles. The molecule has 1 fully saturated rings. The molecule has 1 aliphatic carbocycles. The summed E-state index contributed by atoms with van der Waals surface area (Å²) in [4.78, 5) is 2.33. The van der Waals surface area contributed by atoms with Gasteiger partial charge in [-0.2, -0.15) is 0 Å². The number of rotatable bonds is 4. The van der Waals surface area contributed by atoms with Crippen molar-refractivity contribution in [1.82, 2.24) is 10.2 Å². The minimum atomic E-state index is 0.875. The van der Waals surface area contributed by atoms with Crippen molar-refractivity contribution in [1.29, 1.82) is 0 Å². The fourth-order valence-corrected chi connectivity index (χ4v) is 2.82. The molecule has 14 heavy (non-hydrogen) atoms. The molecule has 0 amide bonds. The van der Waals surface area contributed by atoms with E-state index in [1.807, 2.05) is 0 Å². The molecular weight excluding hydrogens is 262 g/mol. The second-order valence-electron chi connectivity index (χ2n) is 3.67. The maximum Gasteiger partial charge on any atom is 0.209 e. The van der Waals surface area contributed by atoms with Crippen molar-refractivity contribution >= 4 is 32.4 Å². The molecule has 2 rings (SSSR count). The summed E-state index contributed by atoms with van der Waals surface area (Å²) in [6, 6.07) is 0. The highest BCUT2D eigenvalue weighted by molar-refractivity contribution is 9.11. The molecule has 0 spiro atoms. The van der Waals surface area contributed by atoms with E-state index >= 15 is 0 Å². The van der Waals surface area contributed by atoms with E-state index < -0.39 is 0 Å². The van der Waals surface area contributed by atoms with Crippen LogP contribution in [0.2, 0.25) is 0 Å². The summed E-state index contributed by atoms with van der Waals surface area (Å²) >= 11 is 4.96. The molecule has 1 aliphatic rings. The van der Waals surface area contributed by atoms with Gasteiger partial charge in [0.15, 0.2) is 3.92 Å². The fourth-order valence-electron chi connectivity index (χ4n) is 1.66. The standard InChI is InChI=1S/C9H14BrN3S/c1-2-13(6-7-4-3-5-7)9-12-11-8(10)14-9/h7H,2-6H2,1H3. The summed E-state index contributed by atoms with van der Waals surface area (Å²) < 4.78 is 0.875. The molecule has 0 unspecified atom stereocenters. The third-order valence-corrected chi connectivity index (χ3v) is 4.16.